The summed E-state index contributed by atoms with van der Waals surface area (Å²) >= 11 is 13.2. The van der Waals surface area contributed by atoms with Crippen molar-refractivity contribution in [2.75, 3.05) is 24.5 Å². The molecule has 4 saturated heterocycles. The lowest BCUT2D eigenvalue weighted by atomic mass is 9.79. The molecule has 4 aliphatic heterocycles. The minimum absolute atomic E-state index is 0.0533. The van der Waals surface area contributed by atoms with E-state index in [1.54, 1.807) is 30.6 Å². The Morgan fingerprint density at radius 3 is 2.71 bits per heavy atom. The van der Waals surface area contributed by atoms with Gasteiger partial charge in [0.15, 0.2) is 5.82 Å². The fraction of sp³-hybridized carbons (Fsp3) is 0.425. The zero-order valence-electron chi connectivity index (χ0n) is 28.7. The molecule has 1 amide bonds. The molecule has 6 atom stereocenters. The molecule has 264 valence electrons. The van der Waals surface area contributed by atoms with Crippen LogP contribution in [0.2, 0.25) is 10.0 Å². The summed E-state index contributed by atoms with van der Waals surface area (Å²) < 4.78 is 19.8. The summed E-state index contributed by atoms with van der Waals surface area (Å²) in [6, 6.07) is 12.1. The molecule has 7 heterocycles. The number of rotatable bonds is 7. The van der Waals surface area contributed by atoms with Crippen LogP contribution in [0, 0.1) is 41.8 Å². The number of amides is 1. The van der Waals surface area contributed by atoms with Gasteiger partial charge in [0.2, 0.25) is 5.91 Å². The average Bonchev–Trinajstić information content (AvgIpc) is 3.43. The van der Waals surface area contributed by atoms with Crippen LogP contribution in [-0.2, 0) is 11.2 Å². The SMILES string of the molecule is Cc1nc2c(F)c(-c3cccc(Cl)c3Cl)c(CCC#N)cc2c2c1cc(C1C3CC(CN(c4cnccn4)C3)N1C(=O)C1CC1)n2C1C2CNC1C2. The topological polar surface area (TPSA) is 103 Å². The van der Waals surface area contributed by atoms with Gasteiger partial charge in [-0.2, -0.15) is 5.26 Å². The summed E-state index contributed by atoms with van der Waals surface area (Å²) in [5, 5.41) is 15.7. The van der Waals surface area contributed by atoms with Crippen LogP contribution in [0.5, 0.6) is 0 Å². The molecule has 0 spiro atoms. The summed E-state index contributed by atoms with van der Waals surface area (Å²) in [5.41, 5.74) is 4.57. The van der Waals surface area contributed by atoms with Crippen molar-refractivity contribution < 1.29 is 9.18 Å². The first-order valence-electron chi connectivity index (χ1n) is 18.4. The number of halogens is 3. The smallest absolute Gasteiger partial charge is 0.226 e. The van der Waals surface area contributed by atoms with Gasteiger partial charge in [-0.05, 0) is 68.7 Å². The normalized spacial score (nSPS) is 26.3. The van der Waals surface area contributed by atoms with E-state index in [4.69, 9.17) is 28.2 Å². The van der Waals surface area contributed by atoms with E-state index in [9.17, 15) is 10.1 Å². The van der Waals surface area contributed by atoms with Crippen molar-refractivity contribution in [3.63, 3.8) is 0 Å². The summed E-state index contributed by atoms with van der Waals surface area (Å²) in [6.07, 6.45) is 9.67. The van der Waals surface area contributed by atoms with E-state index < -0.39 is 5.82 Å². The number of hydrogen-bond acceptors (Lipinski definition) is 7. The highest BCUT2D eigenvalue weighted by Gasteiger charge is 2.55. The van der Waals surface area contributed by atoms with Crippen molar-refractivity contribution in [2.24, 2.45) is 17.8 Å². The van der Waals surface area contributed by atoms with Crippen LogP contribution < -0.4 is 10.2 Å². The Balaban J connectivity index is 1.22. The third kappa shape index (κ3) is 4.82. The molecule has 2 aliphatic carbocycles. The second kappa shape index (κ2) is 12.1. The van der Waals surface area contributed by atoms with E-state index in [-0.39, 0.29) is 52.8 Å². The third-order valence-electron chi connectivity index (χ3n) is 12.4. The zero-order valence-corrected chi connectivity index (χ0v) is 30.2. The largest absolute Gasteiger partial charge is 0.353 e. The monoisotopic (exact) mass is 734 g/mol. The van der Waals surface area contributed by atoms with Crippen molar-refractivity contribution in [2.45, 2.75) is 69.6 Å². The van der Waals surface area contributed by atoms with Gasteiger partial charge in [-0.3, -0.25) is 9.78 Å². The first-order valence-corrected chi connectivity index (χ1v) is 19.1. The lowest BCUT2D eigenvalue weighted by Gasteiger charge is -2.40. The maximum atomic E-state index is 17.3. The molecule has 52 heavy (non-hydrogen) atoms. The Morgan fingerprint density at radius 2 is 1.98 bits per heavy atom. The minimum atomic E-state index is -0.467. The van der Waals surface area contributed by atoms with Crippen LogP contribution in [0.25, 0.3) is 32.9 Å². The molecule has 3 aromatic heterocycles. The number of piperidine rings is 1. The summed E-state index contributed by atoms with van der Waals surface area (Å²) in [7, 11) is 0. The van der Waals surface area contributed by atoms with E-state index in [1.165, 1.54) is 0 Å². The van der Waals surface area contributed by atoms with Gasteiger partial charge < -0.3 is 19.7 Å². The molecule has 9 nitrogen and oxygen atoms in total. The van der Waals surface area contributed by atoms with Gasteiger partial charge in [-0.25, -0.2) is 14.4 Å². The predicted molar refractivity (Wildman–Crippen MR) is 199 cm³/mol. The quantitative estimate of drug-likeness (QED) is 0.184. The summed E-state index contributed by atoms with van der Waals surface area (Å²) in [6.45, 7) is 4.36. The Bertz CT molecular complexity index is 2320. The van der Waals surface area contributed by atoms with Gasteiger partial charge in [0.1, 0.15) is 11.3 Å². The molecule has 1 N–H and O–H groups in total. The van der Waals surface area contributed by atoms with Crippen LogP contribution in [0.4, 0.5) is 10.2 Å². The summed E-state index contributed by atoms with van der Waals surface area (Å²) in [4.78, 5) is 32.8. The first kappa shape index (κ1) is 32.4. The first-order chi connectivity index (χ1) is 25.3. The van der Waals surface area contributed by atoms with Crippen molar-refractivity contribution >= 4 is 56.7 Å². The fourth-order valence-corrected chi connectivity index (χ4v) is 10.3. The predicted octanol–water partition coefficient (Wildman–Crippen LogP) is 7.58. The van der Waals surface area contributed by atoms with E-state index in [2.05, 4.69) is 41.8 Å². The number of nitrogens with zero attached hydrogens (tertiary/aromatic N) is 7. The molecule has 6 fully saturated rings. The number of benzene rings is 2. The number of fused-ring (bicyclic) bond motifs is 6. The van der Waals surface area contributed by atoms with Crippen LogP contribution in [0.1, 0.15) is 61.1 Å². The number of likely N-dealkylation sites (tertiary alicyclic amines) is 1. The molecule has 2 saturated carbocycles. The number of hydrogen-bond donors (Lipinski definition) is 1. The van der Waals surface area contributed by atoms with Gasteiger partial charge in [-0.1, -0.05) is 35.3 Å². The Labute approximate surface area is 310 Å². The van der Waals surface area contributed by atoms with Crippen molar-refractivity contribution in [1.82, 2.24) is 29.7 Å². The number of anilines is 1. The Hall–Kier alpha value is -4.30. The van der Waals surface area contributed by atoms with Crippen molar-refractivity contribution in [3.05, 3.63) is 81.7 Å². The molecule has 0 radical (unpaired) electrons. The lowest BCUT2D eigenvalue weighted by Crippen LogP contribution is -2.45. The second-order valence-electron chi connectivity index (χ2n) is 15.4. The lowest BCUT2D eigenvalue weighted by molar-refractivity contribution is -0.135. The highest BCUT2D eigenvalue weighted by Crippen LogP contribution is 2.54. The van der Waals surface area contributed by atoms with E-state index in [0.717, 1.165) is 66.9 Å². The minimum Gasteiger partial charge on any atom is -0.353 e. The average molecular weight is 736 g/mol. The number of nitriles is 1. The molecular weight excluding hydrogens is 698 g/mol. The number of pyridine rings is 1. The summed E-state index contributed by atoms with van der Waals surface area (Å²) in [5.74, 6) is 1.29. The Morgan fingerprint density at radius 1 is 1.12 bits per heavy atom. The number of aromatic nitrogens is 4. The molecule has 6 aliphatic rings. The third-order valence-corrected chi connectivity index (χ3v) is 13.2. The van der Waals surface area contributed by atoms with Crippen molar-refractivity contribution in [3.8, 4) is 17.2 Å². The van der Waals surface area contributed by atoms with Crippen LogP contribution in [0.15, 0.2) is 48.9 Å². The standard InChI is InChI=1S/C40H37Cl2FN8O/c1-20-27-15-31(38-24-12-25(50(38)40(52)21-7-8-21)19-49(18-24)32-17-45-10-11-46-32)51(37-23-14-30(37)47-16-23)39(27)28-13-22(4-3-9-44)33(35(43)36(28)48-20)26-5-2-6-29(41)34(26)42/h2,5-6,10-11,13,15,17,21,23-25,30,37-38,47H,3-4,7-8,12,14,16,18-19H2,1H3. The van der Waals surface area contributed by atoms with E-state index in [0.29, 0.717) is 52.0 Å². The maximum absolute atomic E-state index is 17.3. The molecule has 4 bridgehead atoms. The van der Waals surface area contributed by atoms with Crippen LogP contribution >= 0.6 is 23.2 Å². The highest BCUT2D eigenvalue weighted by molar-refractivity contribution is 6.43. The molecule has 11 rings (SSSR count). The van der Waals surface area contributed by atoms with Gasteiger partial charge in [0.05, 0.1) is 46.0 Å². The van der Waals surface area contributed by atoms with Gasteiger partial charge >= 0.3 is 0 Å². The zero-order chi connectivity index (χ0) is 35.4. The maximum Gasteiger partial charge on any atom is 0.226 e. The van der Waals surface area contributed by atoms with Gasteiger partial charge in [0, 0.05) is 89.6 Å². The van der Waals surface area contributed by atoms with Gasteiger partial charge in [0.25, 0.3) is 0 Å². The van der Waals surface area contributed by atoms with Crippen LogP contribution in [-0.4, -0.2) is 62.0 Å². The van der Waals surface area contributed by atoms with Crippen molar-refractivity contribution in [1.29, 1.82) is 5.26 Å². The molecular formula is C40H37Cl2FN8O. The molecule has 6 unspecified atom stereocenters. The van der Waals surface area contributed by atoms with E-state index >= 15 is 4.39 Å². The number of nitrogens with one attached hydrogen (secondary N) is 1. The molecule has 12 heteroatoms. The van der Waals surface area contributed by atoms with E-state index in [1.807, 2.05) is 19.2 Å². The highest BCUT2D eigenvalue weighted by atomic mass is 35.5. The number of carbonyl (C=O) groups is 1. The van der Waals surface area contributed by atoms with Gasteiger partial charge in [-0.15, -0.1) is 0 Å². The number of aryl methyl sites for hydroxylation is 2. The molecule has 2 aromatic carbocycles. The number of carbonyl (C=O) groups excluding carboxylic acids is 1. The second-order valence-corrected chi connectivity index (χ2v) is 16.1. The molecule has 5 aromatic rings. The van der Waals surface area contributed by atoms with Crippen LogP contribution in [0.3, 0.4) is 0 Å². The fourth-order valence-electron chi connectivity index (χ4n) is 9.95. The Kier molecular flexibility index (Phi) is 7.54.